The van der Waals surface area contributed by atoms with Crippen LogP contribution in [0.3, 0.4) is 0 Å². The summed E-state index contributed by atoms with van der Waals surface area (Å²) in [5.41, 5.74) is 0.911. The van der Waals surface area contributed by atoms with Gasteiger partial charge < -0.3 is 4.90 Å². The van der Waals surface area contributed by atoms with Crippen LogP contribution in [0.1, 0.15) is 33.6 Å². The van der Waals surface area contributed by atoms with Gasteiger partial charge in [-0.1, -0.05) is 20.8 Å². The number of carbonyl (C=O) groups excluding carboxylic acids is 1. The molecule has 0 N–H and O–H groups in total. The first-order valence-corrected chi connectivity index (χ1v) is 9.37. The van der Waals surface area contributed by atoms with Gasteiger partial charge in [0.2, 0.25) is 5.91 Å². The van der Waals surface area contributed by atoms with E-state index in [1.807, 2.05) is 25.7 Å². The van der Waals surface area contributed by atoms with E-state index >= 15 is 0 Å². The Balaban J connectivity index is 1.68. The van der Waals surface area contributed by atoms with E-state index in [0.29, 0.717) is 31.2 Å². The SMILES string of the molecule is CC(C)(C)C(=O)N1CCC(Cn2nc(-c3ccc(F)cc3)ccc2=O)CC1. The summed E-state index contributed by atoms with van der Waals surface area (Å²) in [6, 6.07) is 9.25. The van der Waals surface area contributed by atoms with Crippen LogP contribution in [0.15, 0.2) is 41.2 Å². The number of hydrogen-bond acceptors (Lipinski definition) is 3. The molecule has 0 radical (unpaired) electrons. The average Bonchev–Trinajstić information content (AvgIpc) is 2.63. The van der Waals surface area contributed by atoms with Crippen molar-refractivity contribution in [3.63, 3.8) is 0 Å². The average molecular weight is 371 g/mol. The second-order valence-electron chi connectivity index (χ2n) is 8.23. The van der Waals surface area contributed by atoms with Crippen LogP contribution < -0.4 is 5.56 Å². The van der Waals surface area contributed by atoms with Crippen LogP contribution in [0.4, 0.5) is 4.39 Å². The quantitative estimate of drug-likeness (QED) is 0.832. The molecule has 27 heavy (non-hydrogen) atoms. The number of aromatic nitrogens is 2. The third-order valence-electron chi connectivity index (χ3n) is 4.98. The number of likely N-dealkylation sites (tertiary alicyclic amines) is 1. The van der Waals surface area contributed by atoms with Crippen LogP contribution in [0.2, 0.25) is 0 Å². The maximum absolute atomic E-state index is 13.1. The Hall–Kier alpha value is -2.50. The second kappa shape index (κ2) is 7.62. The molecule has 0 atom stereocenters. The lowest BCUT2D eigenvalue weighted by Gasteiger charge is -2.35. The molecule has 6 heteroatoms. The minimum absolute atomic E-state index is 0.144. The molecule has 1 fully saturated rings. The number of hydrogen-bond donors (Lipinski definition) is 0. The third kappa shape index (κ3) is 4.62. The smallest absolute Gasteiger partial charge is 0.266 e. The number of amides is 1. The van der Waals surface area contributed by atoms with Gasteiger partial charge in [-0.3, -0.25) is 9.59 Å². The Morgan fingerprint density at radius 2 is 1.74 bits per heavy atom. The lowest BCUT2D eigenvalue weighted by molar-refractivity contribution is -0.140. The molecule has 5 nitrogen and oxygen atoms in total. The van der Waals surface area contributed by atoms with Crippen molar-refractivity contribution in [3.05, 3.63) is 52.6 Å². The molecule has 2 heterocycles. The summed E-state index contributed by atoms with van der Waals surface area (Å²) in [6.45, 7) is 7.77. The van der Waals surface area contributed by atoms with Crippen LogP contribution >= 0.6 is 0 Å². The van der Waals surface area contributed by atoms with Gasteiger partial charge in [0, 0.05) is 36.7 Å². The van der Waals surface area contributed by atoms with E-state index in [1.165, 1.54) is 22.9 Å². The molecule has 0 unspecified atom stereocenters. The Bertz CT molecular complexity index is 860. The summed E-state index contributed by atoms with van der Waals surface area (Å²) in [7, 11) is 0. The maximum Gasteiger partial charge on any atom is 0.266 e. The number of benzene rings is 1. The van der Waals surface area contributed by atoms with Gasteiger partial charge in [-0.15, -0.1) is 0 Å². The number of carbonyl (C=O) groups is 1. The highest BCUT2D eigenvalue weighted by Gasteiger charge is 2.30. The highest BCUT2D eigenvalue weighted by molar-refractivity contribution is 5.81. The van der Waals surface area contributed by atoms with Crippen LogP contribution in [0, 0.1) is 17.2 Å². The van der Waals surface area contributed by atoms with Crippen molar-refractivity contribution >= 4 is 5.91 Å². The fourth-order valence-electron chi connectivity index (χ4n) is 3.39. The Labute approximate surface area is 158 Å². The molecule has 1 aromatic carbocycles. The van der Waals surface area contributed by atoms with Gasteiger partial charge in [0.25, 0.3) is 5.56 Å². The van der Waals surface area contributed by atoms with Gasteiger partial charge in [-0.25, -0.2) is 9.07 Å². The van der Waals surface area contributed by atoms with Crippen LogP contribution in [0.5, 0.6) is 0 Å². The minimum atomic E-state index is -0.366. The number of halogens is 1. The molecule has 3 rings (SSSR count). The van der Waals surface area contributed by atoms with Crippen molar-refractivity contribution in [1.29, 1.82) is 0 Å². The fourth-order valence-corrected chi connectivity index (χ4v) is 3.39. The van der Waals surface area contributed by atoms with Gasteiger partial charge in [0.05, 0.1) is 5.69 Å². The van der Waals surface area contributed by atoms with E-state index < -0.39 is 0 Å². The van der Waals surface area contributed by atoms with Crippen LogP contribution in [-0.2, 0) is 11.3 Å². The molecule has 1 aliphatic heterocycles. The van der Waals surface area contributed by atoms with Crippen LogP contribution in [-0.4, -0.2) is 33.7 Å². The zero-order chi connectivity index (χ0) is 19.6. The highest BCUT2D eigenvalue weighted by atomic mass is 19.1. The summed E-state index contributed by atoms with van der Waals surface area (Å²) in [5.74, 6) is 0.181. The topological polar surface area (TPSA) is 55.2 Å². The molecule has 0 saturated carbocycles. The first kappa shape index (κ1) is 19.3. The molecule has 1 aromatic heterocycles. The van der Waals surface area contributed by atoms with Gasteiger partial charge in [-0.05, 0) is 49.1 Å². The fraction of sp³-hybridized carbons (Fsp3) is 0.476. The Kier molecular flexibility index (Phi) is 5.44. The van der Waals surface area contributed by atoms with Crippen molar-refractivity contribution in [3.8, 4) is 11.3 Å². The van der Waals surface area contributed by atoms with E-state index in [2.05, 4.69) is 5.10 Å². The Morgan fingerprint density at radius 3 is 2.33 bits per heavy atom. The summed E-state index contributed by atoms with van der Waals surface area (Å²) >= 11 is 0. The molecule has 1 aliphatic rings. The summed E-state index contributed by atoms with van der Waals surface area (Å²) in [5, 5.41) is 4.46. The van der Waals surface area contributed by atoms with Crippen LogP contribution in [0.25, 0.3) is 11.3 Å². The van der Waals surface area contributed by atoms with Crippen molar-refractivity contribution in [2.45, 2.75) is 40.2 Å². The molecule has 0 aliphatic carbocycles. The zero-order valence-corrected chi connectivity index (χ0v) is 16.1. The first-order chi connectivity index (χ1) is 12.7. The summed E-state index contributed by atoms with van der Waals surface area (Å²) in [4.78, 5) is 26.5. The molecule has 0 spiro atoms. The molecule has 0 bridgehead atoms. The van der Waals surface area contributed by atoms with Gasteiger partial charge in [-0.2, -0.15) is 5.10 Å². The van der Waals surface area contributed by atoms with Crippen molar-refractivity contribution < 1.29 is 9.18 Å². The predicted octanol–water partition coefficient (Wildman–Crippen LogP) is 3.33. The summed E-state index contributed by atoms with van der Waals surface area (Å²) < 4.78 is 14.6. The van der Waals surface area contributed by atoms with Crippen molar-refractivity contribution in [1.82, 2.24) is 14.7 Å². The molecule has 1 amide bonds. The first-order valence-electron chi connectivity index (χ1n) is 9.37. The van der Waals surface area contributed by atoms with E-state index in [1.54, 1.807) is 18.2 Å². The number of piperidine rings is 1. The normalized spacial score (nSPS) is 15.8. The third-order valence-corrected chi connectivity index (χ3v) is 4.98. The standard InChI is InChI=1S/C21H26FN3O2/c1-21(2,3)20(27)24-12-10-15(11-13-24)14-25-19(26)9-8-18(23-25)16-4-6-17(22)7-5-16/h4-9,15H,10-14H2,1-3H3. The zero-order valence-electron chi connectivity index (χ0n) is 16.1. The predicted molar refractivity (Wildman–Crippen MR) is 103 cm³/mol. The van der Waals surface area contributed by atoms with E-state index in [0.717, 1.165) is 18.4 Å². The van der Waals surface area contributed by atoms with Crippen molar-refractivity contribution in [2.24, 2.45) is 11.3 Å². The largest absolute Gasteiger partial charge is 0.342 e. The van der Waals surface area contributed by atoms with Crippen molar-refractivity contribution in [2.75, 3.05) is 13.1 Å². The van der Waals surface area contributed by atoms with E-state index in [4.69, 9.17) is 0 Å². The molecule has 2 aromatic rings. The second-order valence-corrected chi connectivity index (χ2v) is 8.23. The maximum atomic E-state index is 13.1. The molecule has 1 saturated heterocycles. The number of nitrogens with zero attached hydrogens (tertiary/aromatic N) is 3. The summed E-state index contributed by atoms with van der Waals surface area (Å²) in [6.07, 6.45) is 1.72. The van der Waals surface area contributed by atoms with Gasteiger partial charge >= 0.3 is 0 Å². The lowest BCUT2D eigenvalue weighted by Crippen LogP contribution is -2.45. The molecular weight excluding hydrogens is 345 g/mol. The Morgan fingerprint density at radius 1 is 1.11 bits per heavy atom. The monoisotopic (exact) mass is 371 g/mol. The minimum Gasteiger partial charge on any atom is -0.342 e. The number of rotatable bonds is 3. The lowest BCUT2D eigenvalue weighted by atomic mass is 9.91. The van der Waals surface area contributed by atoms with Gasteiger partial charge in [0.15, 0.2) is 0 Å². The van der Waals surface area contributed by atoms with E-state index in [-0.39, 0.29) is 22.7 Å². The van der Waals surface area contributed by atoms with Gasteiger partial charge in [0.1, 0.15) is 5.82 Å². The molecular formula is C21H26FN3O2. The molecule has 144 valence electrons. The van der Waals surface area contributed by atoms with E-state index in [9.17, 15) is 14.0 Å². The highest BCUT2D eigenvalue weighted by Crippen LogP contribution is 2.24.